The molecule has 1 aliphatic carbocycles. The molecule has 0 saturated heterocycles. The first-order valence-electron chi connectivity index (χ1n) is 11.0. The van der Waals surface area contributed by atoms with E-state index in [4.69, 9.17) is 4.74 Å². The molecule has 0 aromatic heterocycles. The van der Waals surface area contributed by atoms with Crippen LogP contribution in [0.1, 0.15) is 36.0 Å². The van der Waals surface area contributed by atoms with Crippen LogP contribution in [0.25, 0.3) is 0 Å². The molecule has 8 heteroatoms. The lowest BCUT2D eigenvalue weighted by molar-refractivity contribution is -0.136. The van der Waals surface area contributed by atoms with Gasteiger partial charge in [0, 0.05) is 6.54 Å². The zero-order valence-electron chi connectivity index (χ0n) is 18.6. The van der Waals surface area contributed by atoms with Crippen LogP contribution in [0.3, 0.4) is 0 Å². The second-order valence-corrected chi connectivity index (χ2v) is 8.52. The van der Waals surface area contributed by atoms with Crippen LogP contribution in [-0.2, 0) is 22.6 Å². The highest BCUT2D eigenvalue weighted by molar-refractivity contribution is 6.43. The standard InChI is InChI=1S/C24H31BN2O5/c1-16-6-8-18(9-7-16)14-22(25(30)31)27-24(29)21(13-17-10-11-17)23(28)26-15-19-4-3-5-20(12-19)32-2/h3-9,12,17,21-22,30-31H,10-11,13-15H2,1-2H3,(H,26,28)(H,27,29). The van der Waals surface area contributed by atoms with E-state index in [0.29, 0.717) is 18.1 Å². The lowest BCUT2D eigenvalue weighted by Gasteiger charge is -2.22. The molecule has 2 amide bonds. The maximum absolute atomic E-state index is 13.0. The van der Waals surface area contributed by atoms with Gasteiger partial charge in [-0.15, -0.1) is 0 Å². The molecule has 1 fully saturated rings. The van der Waals surface area contributed by atoms with Gasteiger partial charge in [0.2, 0.25) is 11.8 Å². The Morgan fingerprint density at radius 2 is 1.81 bits per heavy atom. The maximum Gasteiger partial charge on any atom is 0.475 e. The molecule has 7 nitrogen and oxygen atoms in total. The van der Waals surface area contributed by atoms with Crippen molar-refractivity contribution in [1.29, 1.82) is 0 Å². The highest BCUT2D eigenvalue weighted by Gasteiger charge is 2.36. The summed E-state index contributed by atoms with van der Waals surface area (Å²) in [5.74, 6) is -1.59. The number of methoxy groups -OCH3 is 1. The molecule has 2 aromatic carbocycles. The third-order valence-electron chi connectivity index (χ3n) is 5.76. The van der Waals surface area contributed by atoms with E-state index in [-0.39, 0.29) is 18.9 Å². The summed E-state index contributed by atoms with van der Waals surface area (Å²) in [7, 11) is -0.155. The van der Waals surface area contributed by atoms with E-state index in [1.165, 1.54) is 0 Å². The second-order valence-electron chi connectivity index (χ2n) is 8.52. The monoisotopic (exact) mass is 438 g/mol. The van der Waals surface area contributed by atoms with Gasteiger partial charge in [-0.2, -0.15) is 0 Å². The molecule has 170 valence electrons. The predicted molar refractivity (Wildman–Crippen MR) is 123 cm³/mol. The fourth-order valence-corrected chi connectivity index (χ4v) is 3.61. The van der Waals surface area contributed by atoms with Crippen LogP contribution in [0.4, 0.5) is 0 Å². The van der Waals surface area contributed by atoms with Crippen molar-refractivity contribution >= 4 is 18.9 Å². The highest BCUT2D eigenvalue weighted by atomic mass is 16.5. The summed E-state index contributed by atoms with van der Waals surface area (Å²) in [6.45, 7) is 2.25. The quantitative estimate of drug-likeness (QED) is 0.316. The average molecular weight is 438 g/mol. The molecule has 2 atom stereocenters. The highest BCUT2D eigenvalue weighted by Crippen LogP contribution is 2.35. The first-order valence-corrected chi connectivity index (χ1v) is 11.0. The molecule has 0 bridgehead atoms. The van der Waals surface area contributed by atoms with Gasteiger partial charge in [0.15, 0.2) is 0 Å². The smallest absolute Gasteiger partial charge is 0.475 e. The zero-order chi connectivity index (χ0) is 23.1. The SMILES string of the molecule is COc1cccc(CNC(=O)C(CC2CC2)C(=O)NC(Cc2ccc(C)cc2)B(O)O)c1. The Balaban J connectivity index is 1.64. The lowest BCUT2D eigenvalue weighted by Crippen LogP contribution is -2.52. The van der Waals surface area contributed by atoms with E-state index < -0.39 is 24.9 Å². The number of hydrogen-bond donors (Lipinski definition) is 4. The fraction of sp³-hybridized carbons (Fsp3) is 0.417. The van der Waals surface area contributed by atoms with Crippen LogP contribution in [0.15, 0.2) is 48.5 Å². The van der Waals surface area contributed by atoms with E-state index in [9.17, 15) is 19.6 Å². The fourth-order valence-electron chi connectivity index (χ4n) is 3.61. The van der Waals surface area contributed by atoms with Crippen molar-refractivity contribution in [2.24, 2.45) is 11.8 Å². The topological polar surface area (TPSA) is 108 Å². The molecule has 2 unspecified atom stereocenters. The minimum Gasteiger partial charge on any atom is -0.497 e. The van der Waals surface area contributed by atoms with E-state index in [0.717, 1.165) is 29.5 Å². The maximum atomic E-state index is 13.0. The van der Waals surface area contributed by atoms with E-state index in [1.54, 1.807) is 7.11 Å². The number of ether oxygens (including phenoxy) is 1. The Hall–Kier alpha value is -2.84. The Morgan fingerprint density at radius 1 is 1.09 bits per heavy atom. The Morgan fingerprint density at radius 3 is 2.44 bits per heavy atom. The second kappa shape index (κ2) is 11.2. The van der Waals surface area contributed by atoms with Gasteiger partial charge >= 0.3 is 7.12 Å². The van der Waals surface area contributed by atoms with Crippen molar-refractivity contribution in [2.45, 2.75) is 45.1 Å². The number of aryl methyl sites for hydroxylation is 1. The number of rotatable bonds is 11. The van der Waals surface area contributed by atoms with Gasteiger partial charge in [-0.25, -0.2) is 0 Å². The van der Waals surface area contributed by atoms with Crippen molar-refractivity contribution in [1.82, 2.24) is 10.6 Å². The molecule has 1 aliphatic rings. The zero-order valence-corrected chi connectivity index (χ0v) is 18.6. The van der Waals surface area contributed by atoms with Crippen LogP contribution in [0.2, 0.25) is 0 Å². The van der Waals surface area contributed by atoms with Gasteiger partial charge in [-0.05, 0) is 48.9 Å². The summed E-state index contributed by atoms with van der Waals surface area (Å²) in [5, 5.41) is 25.2. The minimum atomic E-state index is -1.73. The van der Waals surface area contributed by atoms with Crippen molar-refractivity contribution in [3.05, 3.63) is 65.2 Å². The third kappa shape index (κ3) is 7.10. The van der Waals surface area contributed by atoms with Gasteiger partial charge in [-0.1, -0.05) is 54.8 Å². The summed E-state index contributed by atoms with van der Waals surface area (Å²) >= 11 is 0. The molecule has 32 heavy (non-hydrogen) atoms. The van der Waals surface area contributed by atoms with Crippen LogP contribution in [0.5, 0.6) is 5.75 Å². The van der Waals surface area contributed by atoms with Gasteiger partial charge in [0.05, 0.1) is 13.1 Å². The molecule has 0 radical (unpaired) electrons. The Kier molecular flexibility index (Phi) is 8.30. The van der Waals surface area contributed by atoms with Gasteiger partial charge in [0.25, 0.3) is 0 Å². The number of nitrogens with one attached hydrogen (secondary N) is 2. The molecular weight excluding hydrogens is 407 g/mol. The summed E-state index contributed by atoms with van der Waals surface area (Å²) in [4.78, 5) is 25.9. The molecule has 3 rings (SSSR count). The summed E-state index contributed by atoms with van der Waals surface area (Å²) < 4.78 is 5.21. The summed E-state index contributed by atoms with van der Waals surface area (Å²) in [6, 6.07) is 15.0. The number of benzene rings is 2. The molecule has 0 spiro atoms. The van der Waals surface area contributed by atoms with E-state index in [2.05, 4.69) is 10.6 Å². The lowest BCUT2D eigenvalue weighted by atomic mass is 9.75. The molecule has 0 aliphatic heterocycles. The van der Waals surface area contributed by atoms with Gasteiger partial charge in [0.1, 0.15) is 11.7 Å². The normalized spacial score (nSPS) is 14.9. The summed E-state index contributed by atoms with van der Waals surface area (Å²) in [5.41, 5.74) is 2.83. The Labute approximate surface area is 189 Å². The Bertz CT molecular complexity index is 915. The number of amides is 2. The minimum absolute atomic E-state index is 0.255. The van der Waals surface area contributed by atoms with Crippen LogP contribution in [0, 0.1) is 18.8 Å². The van der Waals surface area contributed by atoms with E-state index in [1.807, 2.05) is 55.5 Å². The largest absolute Gasteiger partial charge is 0.497 e. The first-order chi connectivity index (χ1) is 15.4. The van der Waals surface area contributed by atoms with Crippen LogP contribution >= 0.6 is 0 Å². The molecule has 4 N–H and O–H groups in total. The van der Waals surface area contributed by atoms with E-state index >= 15 is 0 Å². The molecule has 0 heterocycles. The van der Waals surface area contributed by atoms with Gasteiger partial charge in [-0.3, -0.25) is 9.59 Å². The van der Waals surface area contributed by atoms with Crippen LogP contribution in [-0.4, -0.2) is 42.0 Å². The third-order valence-corrected chi connectivity index (χ3v) is 5.76. The number of hydrogen-bond acceptors (Lipinski definition) is 5. The average Bonchev–Trinajstić information content (AvgIpc) is 3.61. The predicted octanol–water partition coefficient (Wildman–Crippen LogP) is 1.78. The number of carbonyl (C=O) groups is 2. The van der Waals surface area contributed by atoms with Gasteiger partial charge < -0.3 is 25.4 Å². The van der Waals surface area contributed by atoms with Crippen molar-refractivity contribution in [3.63, 3.8) is 0 Å². The molecule has 2 aromatic rings. The van der Waals surface area contributed by atoms with Crippen molar-refractivity contribution < 1.29 is 24.4 Å². The van der Waals surface area contributed by atoms with Crippen molar-refractivity contribution in [2.75, 3.05) is 7.11 Å². The van der Waals surface area contributed by atoms with Crippen LogP contribution < -0.4 is 15.4 Å². The summed E-state index contributed by atoms with van der Waals surface area (Å²) in [6.07, 6.45) is 2.71. The van der Waals surface area contributed by atoms with Crippen molar-refractivity contribution in [3.8, 4) is 5.75 Å². The molecule has 1 saturated carbocycles. The number of carbonyl (C=O) groups excluding carboxylic acids is 2. The molecular formula is C24H31BN2O5. The first kappa shape index (κ1) is 23.8.